The summed E-state index contributed by atoms with van der Waals surface area (Å²) in [5.41, 5.74) is 3.37. The van der Waals surface area contributed by atoms with E-state index in [4.69, 9.17) is 14.0 Å². The van der Waals surface area contributed by atoms with E-state index in [-0.39, 0.29) is 11.5 Å². The van der Waals surface area contributed by atoms with Crippen LogP contribution in [0, 0.1) is 5.92 Å². The first kappa shape index (κ1) is 16.6. The molecule has 0 spiro atoms. The average molecular weight is 361 g/mol. The van der Waals surface area contributed by atoms with Gasteiger partial charge in [0.15, 0.2) is 5.76 Å². The molecule has 0 radical (unpaired) electrons. The van der Waals surface area contributed by atoms with Gasteiger partial charge in [0.25, 0.3) is 0 Å². The summed E-state index contributed by atoms with van der Waals surface area (Å²) < 4.78 is 11.3. The third-order valence-corrected chi connectivity index (χ3v) is 5.75. The van der Waals surface area contributed by atoms with Crippen LogP contribution in [-0.2, 0) is 15.0 Å². The van der Waals surface area contributed by atoms with Gasteiger partial charge >= 0.3 is 0 Å². The van der Waals surface area contributed by atoms with Gasteiger partial charge in [-0.25, -0.2) is 0 Å². The van der Waals surface area contributed by atoms with E-state index in [1.54, 1.807) is 0 Å². The highest BCUT2D eigenvalue weighted by Crippen LogP contribution is 2.49. The highest BCUT2D eigenvalue weighted by molar-refractivity contribution is 6.03. The second-order valence-corrected chi connectivity index (χ2v) is 7.91. The smallest absolute Gasteiger partial charge is 0.153 e. The summed E-state index contributed by atoms with van der Waals surface area (Å²) in [7, 11) is 0. The summed E-state index contributed by atoms with van der Waals surface area (Å²) in [6.07, 6.45) is 2.27. The van der Waals surface area contributed by atoms with Gasteiger partial charge in [0.2, 0.25) is 0 Å². The molecule has 4 heteroatoms. The zero-order valence-corrected chi connectivity index (χ0v) is 15.4. The number of para-hydroxylation sites is 1. The molecule has 0 bridgehead atoms. The number of benzene rings is 2. The monoisotopic (exact) mass is 361 g/mol. The van der Waals surface area contributed by atoms with Gasteiger partial charge in [-0.3, -0.25) is 0 Å². The molecule has 0 unspecified atom stereocenters. The van der Waals surface area contributed by atoms with Crippen molar-refractivity contribution in [2.24, 2.45) is 11.1 Å². The zero-order chi connectivity index (χ0) is 18.3. The number of nitrogens with zero attached hydrogens (tertiary/aromatic N) is 1. The summed E-state index contributed by atoms with van der Waals surface area (Å²) in [6.45, 7) is 3.60. The summed E-state index contributed by atoms with van der Waals surface area (Å²) in [6, 6.07) is 20.9. The first-order chi connectivity index (χ1) is 13.2. The lowest BCUT2D eigenvalue weighted by atomic mass is 9.58. The van der Waals surface area contributed by atoms with E-state index in [1.807, 2.05) is 18.2 Å². The van der Waals surface area contributed by atoms with Crippen molar-refractivity contribution in [1.29, 1.82) is 0 Å². The minimum absolute atomic E-state index is 0.179. The summed E-state index contributed by atoms with van der Waals surface area (Å²) in [5.74, 6) is 1.14. The minimum Gasteiger partial charge on any atom is -0.455 e. The number of rotatable bonds is 6. The standard InChI is InChI=1S/C23H23NO3/c1-23(18-8-3-2-4-9-18)12-17(13-23)22(24-26-15-19-14-25-19)21-11-16-7-5-6-10-20(16)27-21/h2-11,17,19H,12-15H2,1H3/b24-22-/t17?,19-,23?/m0/s1. The predicted octanol–water partition coefficient (Wildman–Crippen LogP) is 4.92. The largest absolute Gasteiger partial charge is 0.455 e. The Morgan fingerprint density at radius 1 is 1.11 bits per heavy atom. The van der Waals surface area contributed by atoms with Crippen molar-refractivity contribution in [3.63, 3.8) is 0 Å². The number of oxime groups is 1. The van der Waals surface area contributed by atoms with E-state index < -0.39 is 0 Å². The van der Waals surface area contributed by atoms with Gasteiger partial charge in [-0.2, -0.15) is 0 Å². The van der Waals surface area contributed by atoms with Crippen LogP contribution in [0.15, 0.2) is 70.2 Å². The van der Waals surface area contributed by atoms with Gasteiger partial charge in [0.1, 0.15) is 24.0 Å². The van der Waals surface area contributed by atoms with E-state index in [0.29, 0.717) is 12.5 Å². The molecule has 2 aliphatic rings. The van der Waals surface area contributed by atoms with Crippen molar-refractivity contribution in [3.05, 3.63) is 72.0 Å². The molecule has 0 amide bonds. The Morgan fingerprint density at radius 2 is 1.85 bits per heavy atom. The maximum Gasteiger partial charge on any atom is 0.153 e. The van der Waals surface area contributed by atoms with Crippen molar-refractivity contribution < 1.29 is 14.0 Å². The molecule has 1 aliphatic carbocycles. The number of hydrogen-bond donors (Lipinski definition) is 0. The van der Waals surface area contributed by atoms with Crippen LogP contribution in [0.1, 0.15) is 31.1 Å². The van der Waals surface area contributed by atoms with Crippen molar-refractivity contribution in [2.75, 3.05) is 13.2 Å². The molecule has 138 valence electrons. The molecule has 27 heavy (non-hydrogen) atoms. The van der Waals surface area contributed by atoms with E-state index >= 15 is 0 Å². The molecule has 1 aromatic heterocycles. The average Bonchev–Trinajstić information content (AvgIpc) is 3.40. The van der Waals surface area contributed by atoms with Crippen LogP contribution in [0.4, 0.5) is 0 Å². The van der Waals surface area contributed by atoms with Crippen molar-refractivity contribution in [1.82, 2.24) is 0 Å². The Bertz CT molecular complexity index is 932. The van der Waals surface area contributed by atoms with Crippen molar-refractivity contribution in [2.45, 2.75) is 31.3 Å². The Morgan fingerprint density at radius 3 is 2.59 bits per heavy atom. The van der Waals surface area contributed by atoms with Crippen LogP contribution in [-0.4, -0.2) is 25.0 Å². The molecular weight excluding hydrogens is 338 g/mol. The first-order valence-electron chi connectivity index (χ1n) is 9.57. The molecule has 1 saturated heterocycles. The Kier molecular flexibility index (Phi) is 4.01. The van der Waals surface area contributed by atoms with Crippen molar-refractivity contribution in [3.8, 4) is 0 Å². The number of fused-ring (bicyclic) bond motifs is 1. The molecule has 3 aromatic rings. The van der Waals surface area contributed by atoms with E-state index in [0.717, 1.165) is 41.9 Å². The number of furan rings is 1. The fourth-order valence-corrected chi connectivity index (χ4v) is 4.08. The minimum atomic E-state index is 0.179. The maximum atomic E-state index is 6.09. The van der Waals surface area contributed by atoms with Crippen LogP contribution in [0.2, 0.25) is 0 Å². The number of hydrogen-bond acceptors (Lipinski definition) is 4. The van der Waals surface area contributed by atoms with E-state index in [2.05, 4.69) is 54.5 Å². The van der Waals surface area contributed by atoms with E-state index in [1.165, 1.54) is 5.56 Å². The topological polar surface area (TPSA) is 47.3 Å². The van der Waals surface area contributed by atoms with Gasteiger partial charge in [-0.1, -0.05) is 60.6 Å². The maximum absolute atomic E-state index is 6.09. The second kappa shape index (κ2) is 6.54. The highest BCUT2D eigenvalue weighted by Gasteiger charge is 2.45. The molecule has 1 saturated carbocycles. The lowest BCUT2D eigenvalue weighted by Crippen LogP contribution is -2.42. The Labute approximate surface area is 158 Å². The molecule has 1 atom stereocenters. The third-order valence-electron chi connectivity index (χ3n) is 5.75. The van der Waals surface area contributed by atoms with Crippen LogP contribution in [0.5, 0.6) is 0 Å². The quantitative estimate of drug-likeness (QED) is 0.356. The Balaban J connectivity index is 1.40. The third kappa shape index (κ3) is 3.26. The van der Waals surface area contributed by atoms with Gasteiger partial charge in [-0.15, -0.1) is 0 Å². The highest BCUT2D eigenvalue weighted by atomic mass is 16.7. The van der Waals surface area contributed by atoms with Crippen LogP contribution in [0.3, 0.4) is 0 Å². The fraction of sp³-hybridized carbons (Fsp3) is 0.348. The van der Waals surface area contributed by atoms with E-state index in [9.17, 15) is 0 Å². The van der Waals surface area contributed by atoms with Gasteiger partial charge in [0, 0.05) is 11.3 Å². The summed E-state index contributed by atoms with van der Waals surface area (Å²) >= 11 is 0. The molecule has 1 aliphatic heterocycles. The summed E-state index contributed by atoms with van der Waals surface area (Å²) in [4.78, 5) is 5.60. The number of epoxide rings is 1. The van der Waals surface area contributed by atoms with Crippen LogP contribution < -0.4 is 0 Å². The number of ether oxygens (including phenoxy) is 1. The van der Waals surface area contributed by atoms with Crippen LogP contribution >= 0.6 is 0 Å². The van der Waals surface area contributed by atoms with Gasteiger partial charge in [-0.05, 0) is 36.0 Å². The molecule has 4 nitrogen and oxygen atoms in total. The molecule has 0 N–H and O–H groups in total. The predicted molar refractivity (Wildman–Crippen MR) is 105 cm³/mol. The lowest BCUT2D eigenvalue weighted by Gasteiger charge is -2.45. The second-order valence-electron chi connectivity index (χ2n) is 7.91. The van der Waals surface area contributed by atoms with Crippen molar-refractivity contribution >= 4 is 16.7 Å². The normalized spacial score (nSPS) is 27.4. The first-order valence-corrected chi connectivity index (χ1v) is 9.57. The zero-order valence-electron chi connectivity index (χ0n) is 15.4. The Hall–Kier alpha value is -2.59. The molecular formula is C23H23NO3. The summed E-state index contributed by atoms with van der Waals surface area (Å²) in [5, 5.41) is 5.59. The molecule has 2 aromatic carbocycles. The molecule has 2 heterocycles. The lowest BCUT2D eigenvalue weighted by molar-refractivity contribution is 0.119. The van der Waals surface area contributed by atoms with Crippen LogP contribution in [0.25, 0.3) is 11.0 Å². The van der Waals surface area contributed by atoms with Gasteiger partial charge < -0.3 is 14.0 Å². The molecule has 2 fully saturated rings. The SMILES string of the molecule is CC1(c2ccccc2)CC(/C(=N/OC[C@@H]2CO2)c2cc3ccccc3o2)C1. The fourth-order valence-electron chi connectivity index (χ4n) is 4.08. The van der Waals surface area contributed by atoms with Gasteiger partial charge in [0.05, 0.1) is 6.61 Å². The molecule has 5 rings (SSSR count).